The molecule has 1 amide bonds. The largest absolute Gasteiger partial charge is 0.309 e. The van der Waals surface area contributed by atoms with Crippen molar-refractivity contribution in [1.82, 2.24) is 4.42 Å². The van der Waals surface area contributed by atoms with Gasteiger partial charge in [-0.25, -0.2) is 0 Å². The van der Waals surface area contributed by atoms with E-state index >= 15 is 0 Å². The minimum atomic E-state index is -0.729. The van der Waals surface area contributed by atoms with Crippen LogP contribution in [0.5, 0.6) is 0 Å². The SMILES string of the molecule is CN(Cl)C(=O)C(=O)c1ccccc1. The highest BCUT2D eigenvalue weighted by atomic mass is 35.5. The van der Waals surface area contributed by atoms with E-state index in [4.69, 9.17) is 11.8 Å². The van der Waals surface area contributed by atoms with Crippen LogP contribution in [0.2, 0.25) is 0 Å². The number of ketones is 1. The van der Waals surface area contributed by atoms with E-state index in [1.54, 1.807) is 30.3 Å². The number of amides is 1. The Bertz CT molecular complexity index is 322. The summed E-state index contributed by atoms with van der Waals surface area (Å²) in [5, 5.41) is 0. The van der Waals surface area contributed by atoms with Crippen molar-refractivity contribution >= 4 is 23.5 Å². The lowest BCUT2D eigenvalue weighted by molar-refractivity contribution is -0.121. The van der Waals surface area contributed by atoms with Gasteiger partial charge in [-0.1, -0.05) is 30.3 Å². The molecule has 0 spiro atoms. The standard InChI is InChI=1S/C9H8ClNO2/c1-11(10)9(13)8(12)7-5-3-2-4-6-7/h2-6H,1H3. The van der Waals surface area contributed by atoms with E-state index in [2.05, 4.69) is 0 Å². The normalized spacial score (nSPS) is 9.38. The maximum Gasteiger partial charge on any atom is 0.309 e. The summed E-state index contributed by atoms with van der Waals surface area (Å²) in [6.45, 7) is 0. The molecule has 0 aliphatic rings. The summed E-state index contributed by atoms with van der Waals surface area (Å²) in [5.74, 6) is -1.33. The molecule has 68 valence electrons. The Kier molecular flexibility index (Phi) is 3.03. The molecule has 13 heavy (non-hydrogen) atoms. The van der Waals surface area contributed by atoms with E-state index in [-0.39, 0.29) is 0 Å². The molecular weight excluding hydrogens is 190 g/mol. The smallest absolute Gasteiger partial charge is 0.283 e. The summed E-state index contributed by atoms with van der Waals surface area (Å²) in [4.78, 5) is 22.4. The Labute approximate surface area is 81.0 Å². The molecule has 0 aromatic heterocycles. The fourth-order valence-corrected chi connectivity index (χ4v) is 0.930. The van der Waals surface area contributed by atoms with Crippen molar-refractivity contribution in [3.63, 3.8) is 0 Å². The van der Waals surface area contributed by atoms with Gasteiger partial charge in [-0.3, -0.25) is 14.0 Å². The lowest BCUT2D eigenvalue weighted by Crippen LogP contribution is -2.25. The molecule has 0 fully saturated rings. The van der Waals surface area contributed by atoms with Crippen molar-refractivity contribution in [2.75, 3.05) is 7.05 Å². The van der Waals surface area contributed by atoms with Crippen molar-refractivity contribution in [3.05, 3.63) is 35.9 Å². The fourth-order valence-electron chi connectivity index (χ4n) is 0.853. The number of halogens is 1. The second-order valence-corrected chi connectivity index (χ2v) is 2.98. The topological polar surface area (TPSA) is 37.4 Å². The number of likely N-dealkylation sites (N-methyl/N-ethyl adjacent to an activating group) is 1. The Morgan fingerprint density at radius 3 is 2.23 bits per heavy atom. The first-order valence-electron chi connectivity index (χ1n) is 3.66. The molecule has 0 atom stereocenters. The number of Topliss-reactive ketones (excluding diaryl/α,β-unsaturated/α-hetero) is 1. The molecule has 1 aromatic rings. The highest BCUT2D eigenvalue weighted by molar-refractivity contribution is 6.47. The lowest BCUT2D eigenvalue weighted by Gasteiger charge is -2.04. The van der Waals surface area contributed by atoms with Crippen molar-refractivity contribution in [2.45, 2.75) is 0 Å². The average molecular weight is 198 g/mol. The third-order valence-corrected chi connectivity index (χ3v) is 1.66. The summed E-state index contributed by atoms with van der Waals surface area (Å²) in [6, 6.07) is 8.29. The van der Waals surface area contributed by atoms with Gasteiger partial charge < -0.3 is 0 Å². The highest BCUT2D eigenvalue weighted by Gasteiger charge is 2.18. The predicted molar refractivity (Wildman–Crippen MR) is 49.4 cm³/mol. The molecule has 4 heteroatoms. The molecule has 1 aromatic carbocycles. The van der Waals surface area contributed by atoms with Crippen LogP contribution in [0.25, 0.3) is 0 Å². The van der Waals surface area contributed by atoms with E-state index in [1.807, 2.05) is 0 Å². The summed E-state index contributed by atoms with van der Waals surface area (Å²) >= 11 is 5.34. The second-order valence-electron chi connectivity index (χ2n) is 2.48. The van der Waals surface area contributed by atoms with Crippen LogP contribution in [0.4, 0.5) is 0 Å². The Morgan fingerprint density at radius 2 is 1.77 bits per heavy atom. The number of carbonyl (C=O) groups excluding carboxylic acids is 2. The van der Waals surface area contributed by atoms with Crippen LogP contribution in [-0.2, 0) is 4.79 Å². The summed E-state index contributed by atoms with van der Waals surface area (Å²) in [7, 11) is 1.32. The zero-order chi connectivity index (χ0) is 9.84. The predicted octanol–water partition coefficient (Wildman–Crippen LogP) is 1.48. The maximum atomic E-state index is 11.3. The van der Waals surface area contributed by atoms with Crippen LogP contribution in [0.15, 0.2) is 30.3 Å². The number of hydrogen-bond acceptors (Lipinski definition) is 2. The lowest BCUT2D eigenvalue weighted by atomic mass is 10.1. The first-order chi connectivity index (χ1) is 6.13. The van der Waals surface area contributed by atoms with Gasteiger partial charge in [0, 0.05) is 24.4 Å². The van der Waals surface area contributed by atoms with Gasteiger partial charge in [0.05, 0.1) is 0 Å². The van der Waals surface area contributed by atoms with Crippen molar-refractivity contribution in [1.29, 1.82) is 0 Å². The number of carbonyl (C=O) groups is 2. The molecule has 0 radical (unpaired) electrons. The molecule has 0 aliphatic carbocycles. The molecule has 0 aliphatic heterocycles. The first-order valence-corrected chi connectivity index (χ1v) is 4.00. The molecule has 0 saturated carbocycles. The monoisotopic (exact) mass is 197 g/mol. The summed E-state index contributed by atoms with van der Waals surface area (Å²) < 4.78 is 0.745. The first kappa shape index (κ1) is 9.74. The van der Waals surface area contributed by atoms with Crippen LogP contribution >= 0.6 is 11.8 Å². The van der Waals surface area contributed by atoms with Crippen LogP contribution in [0.1, 0.15) is 10.4 Å². The van der Waals surface area contributed by atoms with Gasteiger partial charge in [0.25, 0.3) is 5.78 Å². The van der Waals surface area contributed by atoms with Crippen molar-refractivity contribution in [3.8, 4) is 0 Å². The average Bonchev–Trinajstić information content (AvgIpc) is 2.17. The van der Waals surface area contributed by atoms with E-state index in [0.717, 1.165) is 4.42 Å². The molecule has 0 heterocycles. The number of rotatable bonds is 2. The highest BCUT2D eigenvalue weighted by Crippen LogP contribution is 2.03. The van der Waals surface area contributed by atoms with E-state index < -0.39 is 11.7 Å². The van der Waals surface area contributed by atoms with E-state index in [9.17, 15) is 9.59 Å². The zero-order valence-corrected chi connectivity index (χ0v) is 7.78. The molecule has 0 saturated heterocycles. The van der Waals surface area contributed by atoms with Crippen LogP contribution in [-0.4, -0.2) is 23.2 Å². The number of nitrogens with zero attached hydrogens (tertiary/aromatic N) is 1. The fraction of sp³-hybridized carbons (Fsp3) is 0.111. The molecule has 3 nitrogen and oxygen atoms in total. The second kappa shape index (κ2) is 4.05. The van der Waals surface area contributed by atoms with E-state index in [1.165, 1.54) is 7.05 Å². The summed E-state index contributed by atoms with van der Waals surface area (Å²) in [5.41, 5.74) is 0.347. The van der Waals surface area contributed by atoms with Crippen molar-refractivity contribution in [2.24, 2.45) is 0 Å². The van der Waals surface area contributed by atoms with Gasteiger partial charge in [0.15, 0.2) is 0 Å². The summed E-state index contributed by atoms with van der Waals surface area (Å²) in [6.07, 6.45) is 0. The van der Waals surface area contributed by atoms with Gasteiger partial charge >= 0.3 is 5.91 Å². The van der Waals surface area contributed by atoms with Gasteiger partial charge in [-0.2, -0.15) is 0 Å². The van der Waals surface area contributed by atoms with Gasteiger partial charge in [-0.15, -0.1) is 0 Å². The quantitative estimate of drug-likeness (QED) is 0.409. The minimum Gasteiger partial charge on any atom is -0.283 e. The molecule has 0 bridgehead atoms. The van der Waals surface area contributed by atoms with Crippen LogP contribution < -0.4 is 0 Å². The Morgan fingerprint density at radius 1 is 1.23 bits per heavy atom. The minimum absolute atomic E-state index is 0.347. The Hall–Kier alpha value is -1.35. The molecule has 0 unspecified atom stereocenters. The van der Waals surface area contributed by atoms with Gasteiger partial charge in [0.2, 0.25) is 0 Å². The van der Waals surface area contributed by atoms with Crippen molar-refractivity contribution < 1.29 is 9.59 Å². The van der Waals surface area contributed by atoms with Gasteiger partial charge in [-0.05, 0) is 0 Å². The van der Waals surface area contributed by atoms with Crippen LogP contribution in [0, 0.1) is 0 Å². The zero-order valence-electron chi connectivity index (χ0n) is 7.03. The third kappa shape index (κ3) is 2.29. The number of benzene rings is 1. The van der Waals surface area contributed by atoms with Crippen LogP contribution in [0.3, 0.4) is 0 Å². The number of hydrogen-bond donors (Lipinski definition) is 0. The molecular formula is C9H8ClNO2. The van der Waals surface area contributed by atoms with Gasteiger partial charge in [0.1, 0.15) is 0 Å². The molecule has 1 rings (SSSR count). The maximum absolute atomic E-state index is 11.3. The van der Waals surface area contributed by atoms with E-state index in [0.29, 0.717) is 5.56 Å². The Balaban J connectivity index is 2.87. The third-order valence-electron chi connectivity index (χ3n) is 1.51. The molecule has 0 N–H and O–H groups in total.